The molecule has 0 unspecified atom stereocenters. The average molecular weight is 294 g/mol. The number of halogens is 2. The van der Waals surface area contributed by atoms with E-state index in [1.165, 1.54) is 0 Å². The Kier molecular flexibility index (Phi) is 2.88. The van der Waals surface area contributed by atoms with Gasteiger partial charge in [0.25, 0.3) is 0 Å². The Hall–Kier alpha value is -1.72. The van der Waals surface area contributed by atoms with Crippen LogP contribution in [0.25, 0.3) is 17.2 Å². The smallest absolute Gasteiger partial charge is 0.203 e. The second-order valence-corrected chi connectivity index (χ2v) is 4.96. The van der Waals surface area contributed by atoms with Gasteiger partial charge in [-0.05, 0) is 31.5 Å². The van der Waals surface area contributed by atoms with Gasteiger partial charge in [-0.3, -0.25) is 4.98 Å². The summed E-state index contributed by atoms with van der Waals surface area (Å²) in [6.45, 7) is 3.84. The van der Waals surface area contributed by atoms with E-state index in [1.807, 2.05) is 13.8 Å². The van der Waals surface area contributed by atoms with Crippen molar-refractivity contribution in [2.75, 3.05) is 0 Å². The maximum absolute atomic E-state index is 6.11. The molecule has 3 aromatic heterocycles. The first-order valence-electron chi connectivity index (χ1n) is 5.58. The van der Waals surface area contributed by atoms with Crippen molar-refractivity contribution >= 4 is 28.8 Å². The van der Waals surface area contributed by atoms with Crippen molar-refractivity contribution in [2.24, 2.45) is 0 Å². The van der Waals surface area contributed by atoms with Gasteiger partial charge in [-0.2, -0.15) is 9.61 Å². The van der Waals surface area contributed by atoms with Crippen molar-refractivity contribution in [3.05, 3.63) is 39.6 Å². The zero-order valence-corrected chi connectivity index (χ0v) is 11.7. The van der Waals surface area contributed by atoms with E-state index in [0.717, 1.165) is 11.1 Å². The lowest BCUT2D eigenvalue weighted by molar-refractivity contribution is 0.914. The van der Waals surface area contributed by atoms with E-state index < -0.39 is 0 Å². The van der Waals surface area contributed by atoms with Crippen molar-refractivity contribution in [2.45, 2.75) is 13.8 Å². The molecule has 0 saturated carbocycles. The molecule has 7 heteroatoms. The van der Waals surface area contributed by atoms with E-state index in [9.17, 15) is 0 Å². The Morgan fingerprint density at radius 2 is 1.84 bits per heavy atom. The van der Waals surface area contributed by atoms with Gasteiger partial charge in [0.15, 0.2) is 10.8 Å². The van der Waals surface area contributed by atoms with Crippen LogP contribution in [0.5, 0.6) is 0 Å². The summed E-state index contributed by atoms with van der Waals surface area (Å²) in [5.74, 6) is 0.539. The van der Waals surface area contributed by atoms with Crippen LogP contribution in [0.1, 0.15) is 11.1 Å². The molecular weight excluding hydrogens is 285 g/mol. The van der Waals surface area contributed by atoms with E-state index in [-0.39, 0.29) is 0 Å². The van der Waals surface area contributed by atoms with Crippen molar-refractivity contribution < 1.29 is 0 Å². The van der Waals surface area contributed by atoms with Crippen molar-refractivity contribution in [1.82, 2.24) is 24.8 Å². The molecule has 3 rings (SSSR count). The minimum Gasteiger partial charge on any atom is -0.251 e. The van der Waals surface area contributed by atoms with Crippen LogP contribution < -0.4 is 0 Å². The normalized spacial score (nSPS) is 11.2. The summed E-state index contributed by atoms with van der Waals surface area (Å²) in [7, 11) is 0. The van der Waals surface area contributed by atoms with Gasteiger partial charge in [0.05, 0.1) is 5.02 Å². The Morgan fingerprint density at radius 3 is 2.53 bits per heavy atom. The van der Waals surface area contributed by atoms with Crippen molar-refractivity contribution in [1.29, 1.82) is 0 Å². The first-order valence-corrected chi connectivity index (χ1v) is 6.33. The van der Waals surface area contributed by atoms with Crippen LogP contribution in [0.4, 0.5) is 0 Å². The van der Waals surface area contributed by atoms with E-state index in [1.54, 1.807) is 22.8 Å². The Balaban J connectivity index is 2.29. The number of rotatable bonds is 1. The fourth-order valence-electron chi connectivity index (χ4n) is 1.76. The lowest BCUT2D eigenvalue weighted by atomic mass is 10.2. The first-order chi connectivity index (χ1) is 9.08. The molecule has 0 aliphatic carbocycles. The third-order valence-electron chi connectivity index (χ3n) is 2.99. The molecule has 19 heavy (non-hydrogen) atoms. The molecule has 0 N–H and O–H groups in total. The fraction of sp³-hybridized carbons (Fsp3) is 0.167. The molecule has 5 nitrogen and oxygen atoms in total. The highest BCUT2D eigenvalue weighted by Gasteiger charge is 2.15. The van der Waals surface area contributed by atoms with Gasteiger partial charge in [-0.1, -0.05) is 23.2 Å². The lowest BCUT2D eigenvalue weighted by Crippen LogP contribution is -2.00. The largest absolute Gasteiger partial charge is 0.251 e. The molecular formula is C12H9Cl2N5. The van der Waals surface area contributed by atoms with Crippen molar-refractivity contribution in [3.63, 3.8) is 0 Å². The summed E-state index contributed by atoms with van der Waals surface area (Å²) in [4.78, 5) is 4.21. The number of hydrogen-bond acceptors (Lipinski definition) is 4. The molecule has 0 spiro atoms. The highest BCUT2D eigenvalue weighted by Crippen LogP contribution is 2.23. The average Bonchev–Trinajstić information content (AvgIpc) is 2.81. The predicted octanol–water partition coefficient (Wildman–Crippen LogP) is 3.11. The van der Waals surface area contributed by atoms with Crippen LogP contribution in [-0.2, 0) is 0 Å². The van der Waals surface area contributed by atoms with E-state index in [0.29, 0.717) is 27.3 Å². The lowest BCUT2D eigenvalue weighted by Gasteiger charge is -2.04. The standard InChI is InChI=1S/C12H9Cl2N5/c1-6-7(2)11-16-17-12(19(11)18-10(6)14)9-4-3-8(13)5-15-9/h3-5H,1-2H3. The number of aromatic nitrogens is 5. The van der Waals surface area contributed by atoms with Gasteiger partial charge in [0.2, 0.25) is 5.82 Å². The molecule has 0 radical (unpaired) electrons. The third-order valence-corrected chi connectivity index (χ3v) is 3.57. The molecule has 3 aromatic rings. The monoisotopic (exact) mass is 293 g/mol. The first kappa shape index (κ1) is 12.3. The summed E-state index contributed by atoms with van der Waals surface area (Å²) in [6, 6.07) is 3.51. The van der Waals surface area contributed by atoms with Gasteiger partial charge in [-0.15, -0.1) is 10.2 Å². The van der Waals surface area contributed by atoms with Crippen LogP contribution in [-0.4, -0.2) is 24.8 Å². The van der Waals surface area contributed by atoms with E-state index in [2.05, 4.69) is 20.3 Å². The zero-order chi connectivity index (χ0) is 13.6. The predicted molar refractivity (Wildman–Crippen MR) is 73.5 cm³/mol. The molecule has 0 amide bonds. The molecule has 0 bridgehead atoms. The molecule has 0 saturated heterocycles. The quantitative estimate of drug-likeness (QED) is 0.692. The second kappa shape index (κ2) is 4.43. The minimum absolute atomic E-state index is 0.431. The second-order valence-electron chi connectivity index (χ2n) is 4.16. The third kappa shape index (κ3) is 1.95. The van der Waals surface area contributed by atoms with Crippen LogP contribution in [0, 0.1) is 13.8 Å². The zero-order valence-electron chi connectivity index (χ0n) is 10.2. The summed E-state index contributed by atoms with van der Waals surface area (Å²) < 4.78 is 1.60. The number of hydrogen-bond donors (Lipinski definition) is 0. The van der Waals surface area contributed by atoms with E-state index >= 15 is 0 Å². The fourth-order valence-corrected chi connectivity index (χ4v) is 2.09. The number of nitrogens with zero attached hydrogens (tertiary/aromatic N) is 5. The summed E-state index contributed by atoms with van der Waals surface area (Å²) >= 11 is 11.9. The van der Waals surface area contributed by atoms with E-state index in [4.69, 9.17) is 23.2 Å². The number of fused-ring (bicyclic) bond motifs is 1. The van der Waals surface area contributed by atoms with Gasteiger partial charge in [0, 0.05) is 11.8 Å². The minimum atomic E-state index is 0.431. The van der Waals surface area contributed by atoms with Crippen LogP contribution >= 0.6 is 23.2 Å². The molecule has 0 aliphatic rings. The summed E-state index contributed by atoms with van der Waals surface area (Å²) in [5.41, 5.74) is 3.17. The maximum Gasteiger partial charge on any atom is 0.203 e. The summed E-state index contributed by atoms with van der Waals surface area (Å²) in [5, 5.41) is 13.5. The Morgan fingerprint density at radius 1 is 1.05 bits per heavy atom. The topological polar surface area (TPSA) is 56.0 Å². The Labute approximate surface area is 119 Å². The SMILES string of the molecule is Cc1c(Cl)nn2c(-c3ccc(Cl)cn3)nnc2c1C. The van der Waals surface area contributed by atoms with Crippen LogP contribution in [0.15, 0.2) is 18.3 Å². The molecule has 0 aliphatic heterocycles. The van der Waals surface area contributed by atoms with Crippen molar-refractivity contribution in [3.8, 4) is 11.5 Å². The highest BCUT2D eigenvalue weighted by molar-refractivity contribution is 6.30. The molecule has 0 fully saturated rings. The Bertz CT molecular complexity index is 764. The van der Waals surface area contributed by atoms with Gasteiger partial charge < -0.3 is 0 Å². The molecule has 3 heterocycles. The molecule has 0 aromatic carbocycles. The maximum atomic E-state index is 6.11. The molecule has 96 valence electrons. The molecule has 0 atom stereocenters. The summed E-state index contributed by atoms with van der Waals surface area (Å²) in [6.07, 6.45) is 1.56. The number of pyridine rings is 1. The van der Waals surface area contributed by atoms with Crippen LogP contribution in [0.2, 0.25) is 10.2 Å². The van der Waals surface area contributed by atoms with Crippen LogP contribution in [0.3, 0.4) is 0 Å². The highest BCUT2D eigenvalue weighted by atomic mass is 35.5. The van der Waals surface area contributed by atoms with Gasteiger partial charge in [0.1, 0.15) is 5.69 Å². The van der Waals surface area contributed by atoms with Gasteiger partial charge in [-0.25, -0.2) is 0 Å². The number of aryl methyl sites for hydroxylation is 1. The van der Waals surface area contributed by atoms with Gasteiger partial charge >= 0.3 is 0 Å².